The standard InChI is InChI=1S/C10H18/c1-8-5-6-9-3-2-4-10(8)7-9/h8-10H,2-7H2,1H3/t8?,9-,10?/m1/s1. The predicted octanol–water partition coefficient (Wildman–Crippen LogP) is 3.22. The van der Waals surface area contributed by atoms with Crippen LogP contribution in [0.25, 0.3) is 0 Å². The van der Waals surface area contributed by atoms with Gasteiger partial charge in [0.1, 0.15) is 0 Å². The Morgan fingerprint density at radius 1 is 1.00 bits per heavy atom. The Labute approximate surface area is 64.0 Å². The van der Waals surface area contributed by atoms with Crippen molar-refractivity contribution in [1.29, 1.82) is 0 Å². The van der Waals surface area contributed by atoms with Crippen molar-refractivity contribution in [2.45, 2.75) is 45.4 Å². The van der Waals surface area contributed by atoms with Crippen molar-refractivity contribution in [1.82, 2.24) is 0 Å². The molecule has 2 fully saturated rings. The molecule has 0 heteroatoms. The van der Waals surface area contributed by atoms with Crippen molar-refractivity contribution in [3.63, 3.8) is 0 Å². The molecule has 0 saturated heterocycles. The van der Waals surface area contributed by atoms with Crippen LogP contribution < -0.4 is 0 Å². The van der Waals surface area contributed by atoms with E-state index >= 15 is 0 Å². The van der Waals surface area contributed by atoms with E-state index < -0.39 is 0 Å². The van der Waals surface area contributed by atoms with Gasteiger partial charge in [0.25, 0.3) is 0 Å². The normalized spacial score (nSPS) is 47.1. The van der Waals surface area contributed by atoms with Gasteiger partial charge in [-0.1, -0.05) is 39.0 Å². The van der Waals surface area contributed by atoms with Crippen LogP contribution in [0.3, 0.4) is 0 Å². The quantitative estimate of drug-likeness (QED) is 0.482. The molecule has 0 heterocycles. The molecular formula is C10H18. The Balaban J connectivity index is 2.00. The molecule has 2 saturated carbocycles. The monoisotopic (exact) mass is 138 g/mol. The van der Waals surface area contributed by atoms with Gasteiger partial charge in [0.15, 0.2) is 0 Å². The number of hydrogen-bond acceptors (Lipinski definition) is 0. The average molecular weight is 138 g/mol. The summed E-state index contributed by atoms with van der Waals surface area (Å²) in [5, 5.41) is 0. The molecule has 2 aliphatic rings. The van der Waals surface area contributed by atoms with Crippen LogP contribution in [0, 0.1) is 17.8 Å². The maximum absolute atomic E-state index is 2.45. The molecule has 0 aromatic heterocycles. The third-order valence-corrected chi connectivity index (χ3v) is 3.66. The molecule has 0 aromatic rings. The SMILES string of the molecule is CC1CC[C@H]2CCCC1C2. The molecule has 2 bridgehead atoms. The second kappa shape index (κ2) is 2.56. The van der Waals surface area contributed by atoms with E-state index in [0.717, 1.165) is 17.8 Å². The highest BCUT2D eigenvalue weighted by Gasteiger charge is 2.30. The van der Waals surface area contributed by atoms with Crippen LogP contribution in [0.2, 0.25) is 0 Å². The molecule has 2 rings (SSSR count). The largest absolute Gasteiger partial charge is 0.0622 e. The van der Waals surface area contributed by atoms with Crippen LogP contribution >= 0.6 is 0 Å². The first-order valence-electron chi connectivity index (χ1n) is 4.86. The Bertz CT molecular complexity index is 115. The zero-order valence-corrected chi connectivity index (χ0v) is 6.97. The summed E-state index contributed by atoms with van der Waals surface area (Å²) in [6.45, 7) is 2.45. The summed E-state index contributed by atoms with van der Waals surface area (Å²) in [5.74, 6) is 3.30. The van der Waals surface area contributed by atoms with Gasteiger partial charge < -0.3 is 0 Å². The molecule has 2 unspecified atom stereocenters. The lowest BCUT2D eigenvalue weighted by molar-refractivity contribution is 0.133. The van der Waals surface area contributed by atoms with Gasteiger partial charge in [-0.25, -0.2) is 0 Å². The van der Waals surface area contributed by atoms with Gasteiger partial charge in [-0.3, -0.25) is 0 Å². The topological polar surface area (TPSA) is 0 Å². The first-order chi connectivity index (χ1) is 4.86. The highest BCUT2D eigenvalue weighted by atomic mass is 14.4. The van der Waals surface area contributed by atoms with Crippen LogP contribution in [0.4, 0.5) is 0 Å². The van der Waals surface area contributed by atoms with E-state index in [1.807, 2.05) is 0 Å². The van der Waals surface area contributed by atoms with Crippen molar-refractivity contribution < 1.29 is 0 Å². The third-order valence-electron chi connectivity index (χ3n) is 3.66. The van der Waals surface area contributed by atoms with E-state index in [4.69, 9.17) is 0 Å². The van der Waals surface area contributed by atoms with Gasteiger partial charge >= 0.3 is 0 Å². The fraction of sp³-hybridized carbons (Fsp3) is 1.00. The Kier molecular flexibility index (Phi) is 1.71. The first-order valence-corrected chi connectivity index (χ1v) is 4.86. The van der Waals surface area contributed by atoms with Gasteiger partial charge in [-0.05, 0) is 24.2 Å². The molecule has 58 valence electrons. The molecule has 0 spiro atoms. The summed E-state index contributed by atoms with van der Waals surface area (Å²) in [6, 6.07) is 0. The Hall–Kier alpha value is 0. The predicted molar refractivity (Wildman–Crippen MR) is 43.8 cm³/mol. The van der Waals surface area contributed by atoms with Crippen LogP contribution in [0.5, 0.6) is 0 Å². The van der Waals surface area contributed by atoms with Crippen molar-refractivity contribution in [2.24, 2.45) is 17.8 Å². The summed E-state index contributed by atoms with van der Waals surface area (Å²) in [4.78, 5) is 0. The van der Waals surface area contributed by atoms with E-state index in [2.05, 4.69) is 6.92 Å². The van der Waals surface area contributed by atoms with E-state index in [-0.39, 0.29) is 0 Å². The highest BCUT2D eigenvalue weighted by Crippen LogP contribution is 2.42. The summed E-state index contributed by atoms with van der Waals surface area (Å²) < 4.78 is 0. The molecule has 10 heavy (non-hydrogen) atoms. The minimum absolute atomic E-state index is 1.05. The molecule has 0 N–H and O–H groups in total. The highest BCUT2D eigenvalue weighted by molar-refractivity contribution is 4.81. The van der Waals surface area contributed by atoms with Crippen molar-refractivity contribution in [2.75, 3.05) is 0 Å². The lowest BCUT2D eigenvalue weighted by atomic mass is 9.67. The van der Waals surface area contributed by atoms with E-state index in [1.54, 1.807) is 12.8 Å². The molecule has 2 aliphatic carbocycles. The number of rotatable bonds is 0. The molecule has 0 radical (unpaired) electrons. The summed E-state index contributed by atoms with van der Waals surface area (Å²) in [7, 11) is 0. The van der Waals surface area contributed by atoms with Crippen LogP contribution in [0.15, 0.2) is 0 Å². The first kappa shape index (κ1) is 6.69. The maximum Gasteiger partial charge on any atom is -0.0386 e. The second-order valence-electron chi connectivity index (χ2n) is 4.35. The molecule has 3 atom stereocenters. The van der Waals surface area contributed by atoms with Crippen molar-refractivity contribution in [3.05, 3.63) is 0 Å². The van der Waals surface area contributed by atoms with Gasteiger partial charge in [-0.2, -0.15) is 0 Å². The van der Waals surface area contributed by atoms with Crippen LogP contribution in [-0.4, -0.2) is 0 Å². The van der Waals surface area contributed by atoms with E-state index in [9.17, 15) is 0 Å². The van der Waals surface area contributed by atoms with Gasteiger partial charge in [0.2, 0.25) is 0 Å². The molecule has 0 aliphatic heterocycles. The second-order valence-corrected chi connectivity index (χ2v) is 4.35. The number of hydrogen-bond donors (Lipinski definition) is 0. The number of fused-ring (bicyclic) bond motifs is 2. The fourth-order valence-electron chi connectivity index (χ4n) is 2.85. The average Bonchev–Trinajstić information content (AvgIpc) is 1.99. The minimum Gasteiger partial charge on any atom is -0.0622 e. The summed E-state index contributed by atoms with van der Waals surface area (Å²) >= 11 is 0. The van der Waals surface area contributed by atoms with E-state index in [0.29, 0.717) is 0 Å². The van der Waals surface area contributed by atoms with Gasteiger partial charge in [-0.15, -0.1) is 0 Å². The van der Waals surface area contributed by atoms with Gasteiger partial charge in [0.05, 0.1) is 0 Å². The summed E-state index contributed by atoms with van der Waals surface area (Å²) in [6.07, 6.45) is 9.24. The smallest absolute Gasteiger partial charge is 0.0386 e. The molecule has 0 amide bonds. The van der Waals surface area contributed by atoms with Crippen LogP contribution in [0.1, 0.15) is 45.4 Å². The van der Waals surface area contributed by atoms with Crippen molar-refractivity contribution >= 4 is 0 Å². The Morgan fingerprint density at radius 3 is 2.70 bits per heavy atom. The lowest BCUT2D eigenvalue weighted by Crippen LogP contribution is -2.26. The molecule has 0 nitrogen and oxygen atoms in total. The molecular weight excluding hydrogens is 120 g/mol. The lowest BCUT2D eigenvalue weighted by Gasteiger charge is -2.38. The third kappa shape index (κ3) is 1.09. The van der Waals surface area contributed by atoms with E-state index in [1.165, 1.54) is 25.7 Å². The van der Waals surface area contributed by atoms with Crippen molar-refractivity contribution in [3.8, 4) is 0 Å². The van der Waals surface area contributed by atoms with Gasteiger partial charge in [0, 0.05) is 0 Å². The summed E-state index contributed by atoms with van der Waals surface area (Å²) in [5.41, 5.74) is 0. The molecule has 0 aromatic carbocycles. The minimum atomic E-state index is 1.05. The zero-order valence-electron chi connectivity index (χ0n) is 6.97. The zero-order chi connectivity index (χ0) is 6.97. The Morgan fingerprint density at radius 2 is 1.90 bits per heavy atom. The maximum atomic E-state index is 2.45. The fourth-order valence-corrected chi connectivity index (χ4v) is 2.85. The van der Waals surface area contributed by atoms with Crippen LogP contribution in [-0.2, 0) is 0 Å².